The second kappa shape index (κ2) is 5.90. The van der Waals surface area contributed by atoms with E-state index in [0.717, 1.165) is 0 Å². The van der Waals surface area contributed by atoms with E-state index in [4.69, 9.17) is 25.6 Å². The first-order valence-corrected chi connectivity index (χ1v) is 5.91. The second-order valence-electron chi connectivity index (χ2n) is 3.78. The fourth-order valence-electron chi connectivity index (χ4n) is 1.59. The minimum absolute atomic E-state index is 0.0891. The lowest BCUT2D eigenvalue weighted by Crippen LogP contribution is -2.01. The Morgan fingerprint density at radius 1 is 1.42 bits per heavy atom. The molecule has 0 saturated heterocycles. The summed E-state index contributed by atoms with van der Waals surface area (Å²) < 4.78 is 15.7. The van der Waals surface area contributed by atoms with Crippen molar-refractivity contribution in [3.8, 4) is 11.5 Å². The van der Waals surface area contributed by atoms with Gasteiger partial charge in [-0.15, -0.1) is 0 Å². The van der Waals surface area contributed by atoms with Gasteiger partial charge in [0.25, 0.3) is 5.89 Å². The van der Waals surface area contributed by atoms with Gasteiger partial charge in [0.05, 0.1) is 13.7 Å². The quantitative estimate of drug-likeness (QED) is 0.906. The summed E-state index contributed by atoms with van der Waals surface area (Å²) in [6.07, 6.45) is 0. The van der Waals surface area contributed by atoms with Crippen LogP contribution in [0.5, 0.6) is 11.5 Å². The highest BCUT2D eigenvalue weighted by molar-refractivity contribution is 6.30. The Kier molecular flexibility index (Phi) is 4.24. The van der Waals surface area contributed by atoms with E-state index in [1.165, 1.54) is 7.11 Å². The second-order valence-corrected chi connectivity index (χ2v) is 4.21. The van der Waals surface area contributed by atoms with Crippen LogP contribution < -0.4 is 9.47 Å². The van der Waals surface area contributed by atoms with E-state index in [1.807, 2.05) is 0 Å². The average Bonchev–Trinajstić information content (AvgIpc) is 2.81. The van der Waals surface area contributed by atoms with Crippen LogP contribution in [0.1, 0.15) is 17.3 Å². The van der Waals surface area contributed by atoms with Crippen molar-refractivity contribution in [1.29, 1.82) is 0 Å². The van der Waals surface area contributed by atoms with E-state index in [2.05, 4.69) is 10.1 Å². The maximum atomic E-state index is 9.32. The van der Waals surface area contributed by atoms with E-state index in [1.54, 1.807) is 19.1 Å². The molecule has 6 nitrogen and oxygen atoms in total. The van der Waals surface area contributed by atoms with Gasteiger partial charge in [-0.05, 0) is 13.0 Å². The summed E-state index contributed by atoms with van der Waals surface area (Å²) in [6, 6.07) is 3.22. The number of halogens is 1. The molecule has 0 saturated carbocycles. The van der Waals surface area contributed by atoms with Gasteiger partial charge in [0.15, 0.2) is 23.9 Å². The number of rotatable bonds is 5. The van der Waals surface area contributed by atoms with Crippen molar-refractivity contribution in [2.45, 2.75) is 20.1 Å². The Bertz CT molecular complexity index is 546. The third kappa shape index (κ3) is 3.15. The highest BCUT2D eigenvalue weighted by atomic mass is 35.5. The summed E-state index contributed by atoms with van der Waals surface area (Å²) in [6.45, 7) is 1.59. The standard InChI is InChI=1S/C12H13ClN2O4/c1-7-14-11(19-15-7)6-18-12-8(5-16)3-9(13)4-10(12)17-2/h3-4,16H,5-6H2,1-2H3. The van der Waals surface area contributed by atoms with Gasteiger partial charge >= 0.3 is 0 Å². The molecule has 0 fully saturated rings. The SMILES string of the molecule is COc1cc(Cl)cc(CO)c1OCc1nc(C)no1. The van der Waals surface area contributed by atoms with Crippen molar-refractivity contribution in [2.24, 2.45) is 0 Å². The molecule has 0 aliphatic carbocycles. The van der Waals surface area contributed by atoms with Crippen molar-refractivity contribution in [2.75, 3.05) is 7.11 Å². The average molecular weight is 285 g/mol. The minimum atomic E-state index is -0.213. The normalized spacial score (nSPS) is 10.5. The Hall–Kier alpha value is -1.79. The van der Waals surface area contributed by atoms with Crippen molar-refractivity contribution in [3.63, 3.8) is 0 Å². The number of ether oxygens (including phenoxy) is 2. The minimum Gasteiger partial charge on any atom is -0.493 e. The molecule has 1 N–H and O–H groups in total. The van der Waals surface area contributed by atoms with Gasteiger partial charge in [0, 0.05) is 16.7 Å². The van der Waals surface area contributed by atoms with E-state index < -0.39 is 0 Å². The number of methoxy groups -OCH3 is 1. The molecule has 7 heteroatoms. The first kappa shape index (κ1) is 13.6. The molecule has 1 aromatic carbocycles. The molecule has 2 aromatic rings. The largest absolute Gasteiger partial charge is 0.493 e. The van der Waals surface area contributed by atoms with Gasteiger partial charge in [-0.2, -0.15) is 4.98 Å². The van der Waals surface area contributed by atoms with Gasteiger partial charge in [-0.25, -0.2) is 0 Å². The Balaban J connectivity index is 2.23. The van der Waals surface area contributed by atoms with Crippen LogP contribution in [0.2, 0.25) is 5.02 Å². The van der Waals surface area contributed by atoms with Gasteiger partial charge in [0.1, 0.15) is 0 Å². The molecule has 0 aliphatic rings. The molecule has 2 rings (SSSR count). The van der Waals surface area contributed by atoms with E-state index in [9.17, 15) is 5.11 Å². The molecular formula is C12H13ClN2O4. The van der Waals surface area contributed by atoms with Crippen LogP contribution in [0.25, 0.3) is 0 Å². The number of nitrogens with zero attached hydrogens (tertiary/aromatic N) is 2. The topological polar surface area (TPSA) is 77.6 Å². The van der Waals surface area contributed by atoms with Crippen molar-refractivity contribution < 1.29 is 19.1 Å². The fraction of sp³-hybridized carbons (Fsp3) is 0.333. The highest BCUT2D eigenvalue weighted by Gasteiger charge is 2.14. The lowest BCUT2D eigenvalue weighted by atomic mass is 10.2. The maximum Gasteiger partial charge on any atom is 0.264 e. The first-order valence-electron chi connectivity index (χ1n) is 5.53. The number of aryl methyl sites for hydroxylation is 1. The van der Waals surface area contributed by atoms with Crippen LogP contribution in [0, 0.1) is 6.92 Å². The van der Waals surface area contributed by atoms with E-state index in [0.29, 0.717) is 33.8 Å². The van der Waals surface area contributed by atoms with Crippen LogP contribution >= 0.6 is 11.6 Å². The highest BCUT2D eigenvalue weighted by Crippen LogP contribution is 2.35. The monoisotopic (exact) mass is 284 g/mol. The number of aliphatic hydroxyl groups excluding tert-OH is 1. The van der Waals surface area contributed by atoms with Crippen LogP contribution in [-0.2, 0) is 13.2 Å². The predicted molar refractivity (Wildman–Crippen MR) is 67.3 cm³/mol. The zero-order chi connectivity index (χ0) is 13.8. The molecule has 19 heavy (non-hydrogen) atoms. The molecule has 0 aliphatic heterocycles. The van der Waals surface area contributed by atoms with Crippen LogP contribution in [0.4, 0.5) is 0 Å². The van der Waals surface area contributed by atoms with Crippen molar-refractivity contribution >= 4 is 11.6 Å². The third-order valence-electron chi connectivity index (χ3n) is 2.40. The Morgan fingerprint density at radius 3 is 2.79 bits per heavy atom. The third-order valence-corrected chi connectivity index (χ3v) is 2.61. The molecule has 102 valence electrons. The molecule has 0 unspecified atom stereocenters. The number of aliphatic hydroxyl groups is 1. The molecule has 0 amide bonds. The van der Waals surface area contributed by atoms with Crippen molar-refractivity contribution in [1.82, 2.24) is 10.1 Å². The summed E-state index contributed by atoms with van der Waals surface area (Å²) in [5.41, 5.74) is 0.528. The summed E-state index contributed by atoms with van der Waals surface area (Å²) in [5.74, 6) is 1.72. The van der Waals surface area contributed by atoms with Crippen LogP contribution in [0.3, 0.4) is 0 Å². The molecule has 1 heterocycles. The van der Waals surface area contributed by atoms with Crippen LogP contribution in [-0.4, -0.2) is 22.4 Å². The molecule has 1 aromatic heterocycles. The van der Waals surface area contributed by atoms with E-state index in [-0.39, 0.29) is 13.2 Å². The molecule has 0 spiro atoms. The summed E-state index contributed by atoms with van der Waals surface area (Å²) in [4.78, 5) is 4.02. The molecule has 0 radical (unpaired) electrons. The maximum absolute atomic E-state index is 9.32. The fourth-order valence-corrected chi connectivity index (χ4v) is 1.82. The first-order chi connectivity index (χ1) is 9.13. The van der Waals surface area contributed by atoms with Gasteiger partial charge in [-0.1, -0.05) is 16.8 Å². The number of aromatic nitrogens is 2. The predicted octanol–water partition coefficient (Wildman–Crippen LogP) is 2.11. The zero-order valence-electron chi connectivity index (χ0n) is 10.5. The smallest absolute Gasteiger partial charge is 0.264 e. The Labute approximate surface area is 114 Å². The summed E-state index contributed by atoms with van der Waals surface area (Å²) in [5, 5.41) is 13.4. The molecule has 0 bridgehead atoms. The summed E-state index contributed by atoms with van der Waals surface area (Å²) in [7, 11) is 1.50. The summed E-state index contributed by atoms with van der Waals surface area (Å²) >= 11 is 5.91. The Morgan fingerprint density at radius 2 is 2.21 bits per heavy atom. The van der Waals surface area contributed by atoms with E-state index >= 15 is 0 Å². The number of hydrogen-bond acceptors (Lipinski definition) is 6. The lowest BCUT2D eigenvalue weighted by Gasteiger charge is -2.13. The molecular weight excluding hydrogens is 272 g/mol. The van der Waals surface area contributed by atoms with Crippen LogP contribution in [0.15, 0.2) is 16.7 Å². The van der Waals surface area contributed by atoms with Gasteiger partial charge in [0.2, 0.25) is 0 Å². The van der Waals surface area contributed by atoms with Crippen molar-refractivity contribution in [3.05, 3.63) is 34.4 Å². The molecule has 0 atom stereocenters. The number of benzene rings is 1. The van der Waals surface area contributed by atoms with Gasteiger partial charge < -0.3 is 19.1 Å². The zero-order valence-corrected chi connectivity index (χ0v) is 11.3. The lowest BCUT2D eigenvalue weighted by molar-refractivity contribution is 0.220. The number of hydrogen-bond donors (Lipinski definition) is 1. The van der Waals surface area contributed by atoms with Gasteiger partial charge in [-0.3, -0.25) is 0 Å².